The molecule has 0 saturated heterocycles. The summed E-state index contributed by atoms with van der Waals surface area (Å²) in [4.78, 5) is 0. The molecule has 2 heteroatoms. The van der Waals surface area contributed by atoms with Crippen LogP contribution >= 0.6 is 0 Å². The van der Waals surface area contributed by atoms with Crippen molar-refractivity contribution in [1.29, 1.82) is 0 Å². The van der Waals surface area contributed by atoms with Crippen LogP contribution in [0.15, 0.2) is 36.4 Å². The molecule has 2 aliphatic carbocycles. The van der Waals surface area contributed by atoms with Gasteiger partial charge in [0.1, 0.15) is 0 Å². The monoisotopic (exact) mass is 466 g/mol. The summed E-state index contributed by atoms with van der Waals surface area (Å²) < 4.78 is 29.7. The van der Waals surface area contributed by atoms with Gasteiger partial charge in [0, 0.05) is 5.39 Å². The fourth-order valence-corrected chi connectivity index (χ4v) is 6.83. The van der Waals surface area contributed by atoms with Gasteiger partial charge < -0.3 is 0 Å². The van der Waals surface area contributed by atoms with Crippen LogP contribution < -0.4 is 0 Å². The Morgan fingerprint density at radius 2 is 1.68 bits per heavy atom. The van der Waals surface area contributed by atoms with Crippen molar-refractivity contribution in [3.8, 4) is 0 Å². The smallest absolute Gasteiger partial charge is 0.166 e. The first-order valence-corrected chi connectivity index (χ1v) is 14.1. The summed E-state index contributed by atoms with van der Waals surface area (Å²) in [5, 5.41) is 1.28. The number of hydrogen-bond donors (Lipinski definition) is 0. The molecule has 2 aliphatic rings. The van der Waals surface area contributed by atoms with E-state index in [1.807, 2.05) is 37.3 Å². The summed E-state index contributed by atoms with van der Waals surface area (Å²) in [5.74, 6) is 1.82. The lowest BCUT2D eigenvalue weighted by Crippen LogP contribution is -2.30. The zero-order valence-electron chi connectivity index (χ0n) is 21.4. The van der Waals surface area contributed by atoms with Gasteiger partial charge >= 0.3 is 0 Å². The molecule has 0 radical (unpaired) electrons. The Kier molecular flexibility index (Phi) is 9.20. The van der Waals surface area contributed by atoms with Crippen LogP contribution in [0.3, 0.4) is 0 Å². The minimum Gasteiger partial charge on any atom is -0.203 e. The van der Waals surface area contributed by atoms with E-state index in [4.69, 9.17) is 0 Å². The van der Waals surface area contributed by atoms with E-state index < -0.39 is 11.6 Å². The second kappa shape index (κ2) is 12.3. The Morgan fingerprint density at radius 1 is 0.882 bits per heavy atom. The van der Waals surface area contributed by atoms with Gasteiger partial charge in [0.25, 0.3) is 0 Å². The van der Waals surface area contributed by atoms with E-state index in [1.54, 1.807) is 0 Å². The van der Waals surface area contributed by atoms with Crippen LogP contribution in [0.1, 0.15) is 114 Å². The van der Waals surface area contributed by atoms with E-state index in [1.165, 1.54) is 82.6 Å². The lowest BCUT2D eigenvalue weighted by molar-refractivity contribution is 0.113. The largest absolute Gasteiger partial charge is 0.203 e. The normalized spacial score (nSPS) is 25.2. The van der Waals surface area contributed by atoms with Gasteiger partial charge in [-0.3, -0.25) is 0 Å². The minimum atomic E-state index is -0.664. The molecule has 0 N–H and O–H groups in total. The molecule has 2 fully saturated rings. The van der Waals surface area contributed by atoms with Crippen LogP contribution in [0.25, 0.3) is 10.8 Å². The quantitative estimate of drug-likeness (QED) is 0.241. The van der Waals surface area contributed by atoms with E-state index in [2.05, 4.69) is 13.0 Å². The van der Waals surface area contributed by atoms with Crippen LogP contribution in [0.5, 0.6) is 0 Å². The fraction of sp³-hybridized carbons (Fsp3) is 0.625. The topological polar surface area (TPSA) is 0 Å². The summed E-state index contributed by atoms with van der Waals surface area (Å²) in [5.41, 5.74) is 1.70. The molecule has 4 rings (SSSR count). The highest BCUT2D eigenvalue weighted by atomic mass is 19.2. The van der Waals surface area contributed by atoms with Gasteiger partial charge in [0.15, 0.2) is 11.6 Å². The van der Waals surface area contributed by atoms with E-state index in [-0.39, 0.29) is 0 Å². The van der Waals surface area contributed by atoms with E-state index in [9.17, 15) is 4.39 Å². The van der Waals surface area contributed by atoms with Gasteiger partial charge in [-0.15, -0.1) is 0 Å². The standard InChI is InChI=1S/C32H44F2/c1-3-5-7-8-10-11-23-13-14-25-20-26(16-15-24(25)19-23)27-17-18-28-21-29(12-9-6-4-2)31(33)32(34)30(28)22-27/h4,6,17-18,21-26H,3,5,7-16,19-20H2,1-2H3. The predicted molar refractivity (Wildman–Crippen MR) is 141 cm³/mol. The van der Waals surface area contributed by atoms with Crippen molar-refractivity contribution in [3.63, 3.8) is 0 Å². The Hall–Kier alpha value is -1.70. The number of aryl methyl sites for hydroxylation is 1. The lowest BCUT2D eigenvalue weighted by atomic mass is 9.63. The maximum Gasteiger partial charge on any atom is 0.166 e. The van der Waals surface area contributed by atoms with Crippen molar-refractivity contribution in [2.45, 2.75) is 110 Å². The molecule has 4 atom stereocenters. The maximum absolute atomic E-state index is 15.0. The number of allylic oxidation sites excluding steroid dienone is 2. The molecule has 0 nitrogen and oxygen atoms in total. The van der Waals surface area contributed by atoms with Crippen molar-refractivity contribution in [1.82, 2.24) is 0 Å². The molecule has 0 amide bonds. The zero-order valence-corrected chi connectivity index (χ0v) is 21.4. The molecule has 2 saturated carbocycles. The fourth-order valence-electron chi connectivity index (χ4n) is 6.83. The van der Waals surface area contributed by atoms with E-state index in [0.717, 1.165) is 29.6 Å². The Balaban J connectivity index is 1.37. The number of rotatable bonds is 10. The first-order chi connectivity index (χ1) is 16.6. The molecule has 4 unspecified atom stereocenters. The number of halogens is 2. The van der Waals surface area contributed by atoms with Crippen LogP contribution in [0.4, 0.5) is 8.78 Å². The first-order valence-electron chi connectivity index (χ1n) is 14.1. The Labute approximate surface area is 206 Å². The van der Waals surface area contributed by atoms with Crippen molar-refractivity contribution < 1.29 is 8.78 Å². The average molecular weight is 467 g/mol. The van der Waals surface area contributed by atoms with Gasteiger partial charge in [-0.1, -0.05) is 76.2 Å². The molecule has 186 valence electrons. The predicted octanol–water partition coefficient (Wildman–Crippen LogP) is 10.3. The summed E-state index contributed by atoms with van der Waals surface area (Å²) >= 11 is 0. The van der Waals surface area contributed by atoms with Gasteiger partial charge in [-0.05, 0) is 104 Å². The van der Waals surface area contributed by atoms with E-state index in [0.29, 0.717) is 23.3 Å². The van der Waals surface area contributed by atoms with Gasteiger partial charge in [-0.25, -0.2) is 8.78 Å². The highest BCUT2D eigenvalue weighted by molar-refractivity contribution is 5.85. The summed E-state index contributed by atoms with van der Waals surface area (Å²) in [6.45, 7) is 4.24. The van der Waals surface area contributed by atoms with Crippen molar-refractivity contribution in [2.75, 3.05) is 0 Å². The lowest BCUT2D eigenvalue weighted by Gasteiger charge is -2.42. The third kappa shape index (κ3) is 6.10. The minimum absolute atomic E-state index is 0.457. The zero-order chi connectivity index (χ0) is 23.9. The van der Waals surface area contributed by atoms with Crippen molar-refractivity contribution in [2.24, 2.45) is 17.8 Å². The van der Waals surface area contributed by atoms with E-state index >= 15 is 4.39 Å². The maximum atomic E-state index is 15.0. The number of fused-ring (bicyclic) bond motifs is 2. The summed E-state index contributed by atoms with van der Waals surface area (Å²) in [6.07, 6.45) is 21.5. The second-order valence-corrected chi connectivity index (χ2v) is 11.2. The van der Waals surface area contributed by atoms with Crippen LogP contribution in [-0.4, -0.2) is 0 Å². The van der Waals surface area contributed by atoms with Gasteiger partial charge in [0.2, 0.25) is 0 Å². The third-order valence-electron chi connectivity index (χ3n) is 8.84. The van der Waals surface area contributed by atoms with Crippen LogP contribution in [0, 0.1) is 29.4 Å². The molecular weight excluding hydrogens is 422 g/mol. The number of benzene rings is 2. The van der Waals surface area contributed by atoms with Crippen molar-refractivity contribution >= 4 is 10.8 Å². The van der Waals surface area contributed by atoms with Crippen molar-refractivity contribution in [3.05, 3.63) is 59.2 Å². The Morgan fingerprint density at radius 3 is 2.50 bits per heavy atom. The molecule has 2 aromatic carbocycles. The summed E-state index contributed by atoms with van der Waals surface area (Å²) in [7, 11) is 0. The average Bonchev–Trinajstić information content (AvgIpc) is 2.86. The molecule has 2 aromatic rings. The number of hydrogen-bond acceptors (Lipinski definition) is 0. The number of unbranched alkanes of at least 4 members (excludes halogenated alkanes) is 4. The molecule has 0 aromatic heterocycles. The molecule has 0 heterocycles. The molecule has 0 spiro atoms. The molecule has 0 aliphatic heterocycles. The SMILES string of the molecule is CC=CCCc1cc2ccc(C3CCC4CC(CCCCCCC)CCC4C3)cc2c(F)c1F. The third-order valence-corrected chi connectivity index (χ3v) is 8.84. The summed E-state index contributed by atoms with van der Waals surface area (Å²) in [6, 6.07) is 8.01. The Bertz CT molecular complexity index is 959. The van der Waals surface area contributed by atoms with Gasteiger partial charge in [-0.2, -0.15) is 0 Å². The molecule has 0 bridgehead atoms. The second-order valence-electron chi connectivity index (χ2n) is 11.2. The molecule has 34 heavy (non-hydrogen) atoms. The van der Waals surface area contributed by atoms with Crippen LogP contribution in [0.2, 0.25) is 0 Å². The highest BCUT2D eigenvalue weighted by Gasteiger charge is 2.35. The van der Waals surface area contributed by atoms with Crippen LogP contribution in [-0.2, 0) is 6.42 Å². The van der Waals surface area contributed by atoms with Gasteiger partial charge in [0.05, 0.1) is 0 Å². The first kappa shape index (κ1) is 25.4. The molecular formula is C32H44F2. The highest BCUT2D eigenvalue weighted by Crippen LogP contribution is 2.48.